The Bertz CT molecular complexity index is 1220. The van der Waals surface area contributed by atoms with E-state index in [1.807, 2.05) is 35.2 Å². The minimum atomic E-state index is -0.646. The summed E-state index contributed by atoms with van der Waals surface area (Å²) in [5.74, 6) is 0.266. The van der Waals surface area contributed by atoms with E-state index in [0.29, 0.717) is 39.1 Å². The van der Waals surface area contributed by atoms with Crippen LogP contribution in [0.2, 0.25) is 0 Å². The Kier molecular flexibility index (Phi) is 6.65. The number of carbonyl (C=O) groups excluding carboxylic acids is 2. The minimum Gasteiger partial charge on any atom is -0.368 e. The number of nitrogens with zero attached hydrogens (tertiary/aromatic N) is 1. The number of rotatable bonds is 8. The molecule has 2 aromatic carbocycles. The number of aromatic amines is 1. The fourth-order valence-corrected chi connectivity index (χ4v) is 5.77. The summed E-state index contributed by atoms with van der Waals surface area (Å²) in [5.41, 5.74) is 5.29. The molecule has 2 aliphatic rings. The average molecular weight is 474 g/mol. The van der Waals surface area contributed by atoms with Crippen LogP contribution in [0.25, 0.3) is 10.9 Å². The maximum Gasteiger partial charge on any atom is 0.223 e. The average Bonchev–Trinajstić information content (AvgIpc) is 3.44. The number of amides is 2. The number of nitrogens with one attached hydrogen (secondary N) is 2. The Hall–Kier alpha value is -3.12. The van der Waals surface area contributed by atoms with Gasteiger partial charge in [-0.3, -0.25) is 9.59 Å². The van der Waals surface area contributed by atoms with Gasteiger partial charge in [-0.2, -0.15) is 0 Å². The number of hydrogen-bond acceptors (Lipinski definition) is 3. The molecule has 0 saturated carbocycles. The van der Waals surface area contributed by atoms with Crippen LogP contribution < -0.4 is 5.32 Å². The van der Waals surface area contributed by atoms with Crippen LogP contribution in [0, 0.1) is 5.92 Å². The van der Waals surface area contributed by atoms with Gasteiger partial charge in [0.15, 0.2) is 0 Å². The van der Waals surface area contributed by atoms with E-state index < -0.39 is 5.60 Å². The maximum absolute atomic E-state index is 13.1. The second kappa shape index (κ2) is 9.86. The van der Waals surface area contributed by atoms with E-state index in [9.17, 15) is 9.59 Å². The van der Waals surface area contributed by atoms with Crippen LogP contribution in [0.5, 0.6) is 0 Å². The smallest absolute Gasteiger partial charge is 0.223 e. The van der Waals surface area contributed by atoms with Gasteiger partial charge in [0, 0.05) is 42.9 Å². The van der Waals surface area contributed by atoms with Crippen molar-refractivity contribution in [3.8, 4) is 0 Å². The predicted octanol–water partition coefficient (Wildman–Crippen LogP) is 4.46. The van der Waals surface area contributed by atoms with Gasteiger partial charge in [0.05, 0.1) is 18.7 Å². The lowest BCUT2D eigenvalue weighted by Crippen LogP contribution is -2.41. The first-order valence-corrected chi connectivity index (χ1v) is 12.9. The highest BCUT2D eigenvalue weighted by Gasteiger charge is 2.41. The number of aryl methyl sites for hydroxylation is 1. The van der Waals surface area contributed by atoms with Gasteiger partial charge in [-0.1, -0.05) is 62.4 Å². The summed E-state index contributed by atoms with van der Waals surface area (Å²) < 4.78 is 6.33. The molecular formula is C29H35N3O3. The molecule has 35 heavy (non-hydrogen) atoms. The number of fused-ring (bicyclic) bond motifs is 3. The highest BCUT2D eigenvalue weighted by molar-refractivity contribution is 5.88. The van der Waals surface area contributed by atoms with Crippen molar-refractivity contribution >= 4 is 22.7 Å². The highest BCUT2D eigenvalue weighted by Crippen LogP contribution is 2.42. The maximum atomic E-state index is 13.1. The van der Waals surface area contributed by atoms with Gasteiger partial charge in [0.25, 0.3) is 0 Å². The molecule has 1 fully saturated rings. The number of aromatic nitrogens is 1. The molecule has 1 saturated heterocycles. The van der Waals surface area contributed by atoms with Crippen molar-refractivity contribution in [2.45, 2.75) is 58.1 Å². The molecule has 2 N–H and O–H groups in total. The SMILES string of the molecule is CCc1cccc2c3c([nH]c12)C(CC)(CC(=O)NCC1CC(=O)N(Cc2ccccc2)C1)OCC3. The second-order valence-corrected chi connectivity index (χ2v) is 9.93. The third kappa shape index (κ3) is 4.59. The zero-order chi connectivity index (χ0) is 24.4. The van der Waals surface area contributed by atoms with Gasteiger partial charge in [0.1, 0.15) is 5.60 Å². The Morgan fingerprint density at radius 2 is 2.00 bits per heavy atom. The van der Waals surface area contributed by atoms with Gasteiger partial charge in [-0.05, 0) is 36.0 Å². The molecule has 2 aliphatic heterocycles. The Morgan fingerprint density at radius 3 is 2.77 bits per heavy atom. The first-order chi connectivity index (χ1) is 17.0. The summed E-state index contributed by atoms with van der Waals surface area (Å²) in [7, 11) is 0. The molecule has 6 heteroatoms. The van der Waals surface area contributed by atoms with Gasteiger partial charge in [-0.25, -0.2) is 0 Å². The largest absolute Gasteiger partial charge is 0.368 e. The summed E-state index contributed by atoms with van der Waals surface area (Å²) in [6.45, 7) is 6.68. The normalized spacial score (nSPS) is 21.9. The monoisotopic (exact) mass is 473 g/mol. The fraction of sp³-hybridized carbons (Fsp3) is 0.448. The molecule has 6 nitrogen and oxygen atoms in total. The van der Waals surface area contributed by atoms with Crippen LogP contribution >= 0.6 is 0 Å². The third-order valence-corrected chi connectivity index (χ3v) is 7.71. The second-order valence-electron chi connectivity index (χ2n) is 9.93. The van der Waals surface area contributed by atoms with Gasteiger partial charge in [-0.15, -0.1) is 0 Å². The molecule has 0 aliphatic carbocycles. The molecule has 184 valence electrons. The standard InChI is InChI=1S/C29H35N3O3/c1-3-22-11-8-12-23-24-13-14-35-29(4-2,28(24)31-27(22)23)16-25(33)30-17-21-15-26(34)32(19-21)18-20-9-6-5-7-10-20/h5-12,21,31H,3-4,13-19H2,1-2H3,(H,30,33). The molecule has 2 amide bonds. The van der Waals surface area contributed by atoms with Crippen molar-refractivity contribution in [1.29, 1.82) is 0 Å². The summed E-state index contributed by atoms with van der Waals surface area (Å²) in [6.07, 6.45) is 3.29. The topological polar surface area (TPSA) is 74.4 Å². The number of benzene rings is 2. The minimum absolute atomic E-state index is 0.0250. The van der Waals surface area contributed by atoms with E-state index in [1.165, 1.54) is 22.0 Å². The summed E-state index contributed by atoms with van der Waals surface area (Å²) in [5, 5.41) is 4.36. The molecule has 2 atom stereocenters. The molecule has 3 heterocycles. The lowest BCUT2D eigenvalue weighted by Gasteiger charge is -2.36. The Morgan fingerprint density at radius 1 is 1.17 bits per heavy atom. The van der Waals surface area contributed by atoms with E-state index >= 15 is 0 Å². The fourth-order valence-electron chi connectivity index (χ4n) is 5.77. The lowest BCUT2D eigenvalue weighted by molar-refractivity contribution is -0.133. The number of ether oxygens (including phenoxy) is 1. The van der Waals surface area contributed by atoms with E-state index in [-0.39, 0.29) is 24.2 Å². The molecule has 2 unspecified atom stereocenters. The Labute approximate surface area is 207 Å². The van der Waals surface area contributed by atoms with Crippen molar-refractivity contribution in [2.75, 3.05) is 19.7 Å². The van der Waals surface area contributed by atoms with E-state index in [1.54, 1.807) is 0 Å². The highest BCUT2D eigenvalue weighted by atomic mass is 16.5. The van der Waals surface area contributed by atoms with Crippen LogP contribution in [0.4, 0.5) is 0 Å². The first kappa shape index (κ1) is 23.6. The summed E-state index contributed by atoms with van der Waals surface area (Å²) in [4.78, 5) is 31.2. The van der Waals surface area contributed by atoms with E-state index in [0.717, 1.165) is 24.1 Å². The molecule has 3 aromatic rings. The number of likely N-dealkylation sites (tertiary alicyclic amines) is 1. The molecule has 5 rings (SSSR count). The first-order valence-electron chi connectivity index (χ1n) is 12.9. The predicted molar refractivity (Wildman–Crippen MR) is 137 cm³/mol. The van der Waals surface area contributed by atoms with Crippen molar-refractivity contribution < 1.29 is 14.3 Å². The molecule has 0 bridgehead atoms. The molecule has 0 spiro atoms. The number of para-hydroxylation sites is 1. The number of hydrogen-bond donors (Lipinski definition) is 2. The molecule has 0 radical (unpaired) electrons. The van der Waals surface area contributed by atoms with Crippen LogP contribution in [0.1, 0.15) is 55.5 Å². The zero-order valence-corrected chi connectivity index (χ0v) is 20.7. The van der Waals surface area contributed by atoms with Crippen molar-refractivity contribution in [1.82, 2.24) is 15.2 Å². The summed E-state index contributed by atoms with van der Waals surface area (Å²) in [6, 6.07) is 16.5. The lowest BCUT2D eigenvalue weighted by atomic mass is 9.86. The van der Waals surface area contributed by atoms with Gasteiger partial charge >= 0.3 is 0 Å². The third-order valence-electron chi connectivity index (χ3n) is 7.71. The molecular weight excluding hydrogens is 438 g/mol. The zero-order valence-electron chi connectivity index (χ0n) is 20.7. The van der Waals surface area contributed by atoms with E-state index in [4.69, 9.17) is 4.74 Å². The summed E-state index contributed by atoms with van der Waals surface area (Å²) >= 11 is 0. The van der Waals surface area contributed by atoms with Crippen LogP contribution in [0.15, 0.2) is 48.5 Å². The van der Waals surface area contributed by atoms with Crippen molar-refractivity contribution in [3.63, 3.8) is 0 Å². The van der Waals surface area contributed by atoms with Crippen LogP contribution in [-0.4, -0.2) is 41.4 Å². The van der Waals surface area contributed by atoms with Gasteiger partial charge < -0.3 is 19.9 Å². The number of carbonyl (C=O) groups is 2. The molecule has 1 aromatic heterocycles. The van der Waals surface area contributed by atoms with Crippen molar-refractivity contribution in [2.24, 2.45) is 5.92 Å². The number of H-pyrrole nitrogens is 1. The quantitative estimate of drug-likeness (QED) is 0.507. The van der Waals surface area contributed by atoms with E-state index in [2.05, 4.69) is 42.3 Å². The van der Waals surface area contributed by atoms with Crippen molar-refractivity contribution in [3.05, 3.63) is 70.9 Å². The Balaban J connectivity index is 1.25. The van der Waals surface area contributed by atoms with Gasteiger partial charge in [0.2, 0.25) is 11.8 Å². The van der Waals surface area contributed by atoms with Crippen LogP contribution in [0.3, 0.4) is 0 Å². The van der Waals surface area contributed by atoms with Crippen LogP contribution in [-0.2, 0) is 39.3 Å².